The highest BCUT2D eigenvalue weighted by Crippen LogP contribution is 2.35. The standard InChI is InChI=1S/C30H30N4O7S/c1-39-23-11-9-20(10-12-23)17-31-28(35)8-3-2-4-13-33-29(36)24-15-26-27(41-19-40-26)16-25(24)32-30(33)42-18-21-6-5-7-22(14-21)34(37)38/h5-7,9-12,14-16H,2-4,8,13,17-19H2,1H3,(H,31,35). The molecule has 5 rings (SSSR count). The first-order valence-electron chi connectivity index (χ1n) is 13.5. The van der Waals surface area contributed by atoms with Crippen molar-refractivity contribution in [2.45, 2.75) is 49.7 Å². The molecule has 1 aromatic heterocycles. The quantitative estimate of drug-likeness (QED) is 0.0732. The minimum atomic E-state index is -0.430. The van der Waals surface area contributed by atoms with Gasteiger partial charge in [0, 0.05) is 43.5 Å². The van der Waals surface area contributed by atoms with E-state index in [1.54, 1.807) is 35.9 Å². The van der Waals surface area contributed by atoms with Crippen LogP contribution in [0.3, 0.4) is 0 Å². The summed E-state index contributed by atoms with van der Waals surface area (Å²) in [5, 5.41) is 15.1. The van der Waals surface area contributed by atoms with Gasteiger partial charge in [-0.15, -0.1) is 0 Å². The second-order valence-electron chi connectivity index (χ2n) is 9.72. The van der Waals surface area contributed by atoms with Crippen LogP contribution in [0.25, 0.3) is 10.9 Å². The number of hydrogen-bond acceptors (Lipinski definition) is 9. The van der Waals surface area contributed by atoms with Crippen molar-refractivity contribution in [1.29, 1.82) is 0 Å². The molecule has 0 radical (unpaired) electrons. The molecule has 218 valence electrons. The lowest BCUT2D eigenvalue weighted by atomic mass is 10.1. The van der Waals surface area contributed by atoms with Gasteiger partial charge in [0.05, 0.1) is 22.9 Å². The lowest BCUT2D eigenvalue weighted by Gasteiger charge is -2.14. The highest BCUT2D eigenvalue weighted by Gasteiger charge is 2.19. The lowest BCUT2D eigenvalue weighted by molar-refractivity contribution is -0.384. The molecule has 0 fully saturated rings. The molecule has 1 N–H and O–H groups in total. The molecule has 0 bridgehead atoms. The zero-order chi connectivity index (χ0) is 29.5. The number of amides is 1. The van der Waals surface area contributed by atoms with Crippen LogP contribution in [0, 0.1) is 10.1 Å². The molecule has 0 spiro atoms. The summed E-state index contributed by atoms with van der Waals surface area (Å²) in [6, 6.07) is 17.3. The topological polar surface area (TPSA) is 135 Å². The molecular formula is C30H30N4O7S. The zero-order valence-corrected chi connectivity index (χ0v) is 23.9. The number of fused-ring (bicyclic) bond motifs is 2. The van der Waals surface area contributed by atoms with Crippen molar-refractivity contribution < 1.29 is 23.9 Å². The summed E-state index contributed by atoms with van der Waals surface area (Å²) in [6.07, 6.45) is 2.49. The molecule has 2 heterocycles. The minimum absolute atomic E-state index is 0.0118. The fourth-order valence-electron chi connectivity index (χ4n) is 4.57. The SMILES string of the molecule is COc1ccc(CNC(=O)CCCCCn2c(SCc3cccc([N+](=O)[O-])c3)nc3cc4c(cc3c2=O)OCO4)cc1. The predicted molar refractivity (Wildman–Crippen MR) is 158 cm³/mol. The van der Waals surface area contributed by atoms with E-state index in [-0.39, 0.29) is 23.9 Å². The maximum Gasteiger partial charge on any atom is 0.269 e. The van der Waals surface area contributed by atoms with Gasteiger partial charge in [0.15, 0.2) is 16.7 Å². The number of aromatic nitrogens is 2. The van der Waals surface area contributed by atoms with Gasteiger partial charge in [-0.2, -0.15) is 0 Å². The number of rotatable bonds is 13. The van der Waals surface area contributed by atoms with Crippen LogP contribution in [0.4, 0.5) is 5.69 Å². The van der Waals surface area contributed by atoms with E-state index < -0.39 is 4.92 Å². The summed E-state index contributed by atoms with van der Waals surface area (Å²) in [4.78, 5) is 41.4. The highest BCUT2D eigenvalue weighted by atomic mass is 32.2. The molecule has 3 aromatic carbocycles. The maximum absolute atomic E-state index is 13.6. The van der Waals surface area contributed by atoms with Crippen molar-refractivity contribution in [3.8, 4) is 17.2 Å². The fraction of sp³-hybridized carbons (Fsp3) is 0.300. The van der Waals surface area contributed by atoms with E-state index in [1.807, 2.05) is 24.3 Å². The van der Waals surface area contributed by atoms with Gasteiger partial charge < -0.3 is 19.5 Å². The molecule has 42 heavy (non-hydrogen) atoms. The lowest BCUT2D eigenvalue weighted by Crippen LogP contribution is -2.24. The number of hydrogen-bond donors (Lipinski definition) is 1. The van der Waals surface area contributed by atoms with Crippen molar-refractivity contribution in [2.24, 2.45) is 0 Å². The summed E-state index contributed by atoms with van der Waals surface area (Å²) in [7, 11) is 1.61. The van der Waals surface area contributed by atoms with Gasteiger partial charge in [0.2, 0.25) is 12.7 Å². The number of nitrogens with one attached hydrogen (secondary N) is 1. The third-order valence-electron chi connectivity index (χ3n) is 6.84. The molecule has 4 aromatic rings. The largest absolute Gasteiger partial charge is 0.497 e. The van der Waals surface area contributed by atoms with Crippen molar-refractivity contribution in [3.05, 3.63) is 92.3 Å². The molecular weight excluding hydrogens is 560 g/mol. The summed E-state index contributed by atoms with van der Waals surface area (Å²) >= 11 is 1.34. The molecule has 1 aliphatic heterocycles. The van der Waals surface area contributed by atoms with Crippen molar-refractivity contribution in [1.82, 2.24) is 14.9 Å². The summed E-state index contributed by atoms with van der Waals surface area (Å²) < 4.78 is 17.7. The van der Waals surface area contributed by atoms with Gasteiger partial charge in [0.25, 0.3) is 11.2 Å². The Kier molecular flexibility index (Phi) is 9.22. The Morgan fingerprint density at radius 2 is 1.86 bits per heavy atom. The molecule has 0 atom stereocenters. The third kappa shape index (κ3) is 7.00. The second-order valence-corrected chi connectivity index (χ2v) is 10.7. The molecule has 0 saturated carbocycles. The molecule has 1 amide bonds. The first-order chi connectivity index (χ1) is 20.4. The Hall–Kier alpha value is -4.58. The molecule has 0 saturated heterocycles. The van der Waals surface area contributed by atoms with E-state index in [4.69, 9.17) is 19.2 Å². The Morgan fingerprint density at radius 1 is 1.07 bits per heavy atom. The number of benzene rings is 3. The minimum Gasteiger partial charge on any atom is -0.497 e. The molecule has 0 unspecified atom stereocenters. The Balaban J connectivity index is 1.23. The molecule has 0 aliphatic carbocycles. The Labute approximate surface area is 246 Å². The van der Waals surface area contributed by atoms with Gasteiger partial charge in [-0.1, -0.05) is 42.4 Å². The average Bonchev–Trinajstić information content (AvgIpc) is 3.47. The van der Waals surface area contributed by atoms with E-state index in [9.17, 15) is 19.7 Å². The number of nitro benzene ring substituents is 1. The summed E-state index contributed by atoms with van der Waals surface area (Å²) in [6.45, 7) is 0.952. The second kappa shape index (κ2) is 13.4. The van der Waals surface area contributed by atoms with Crippen LogP contribution in [0.15, 0.2) is 70.6 Å². The number of unbranched alkanes of at least 4 members (excludes halogenated alkanes) is 2. The van der Waals surface area contributed by atoms with E-state index in [1.165, 1.54) is 23.9 Å². The van der Waals surface area contributed by atoms with Crippen molar-refractivity contribution in [2.75, 3.05) is 13.9 Å². The molecule has 1 aliphatic rings. The van der Waals surface area contributed by atoms with E-state index in [0.717, 1.165) is 23.3 Å². The third-order valence-corrected chi connectivity index (χ3v) is 7.88. The maximum atomic E-state index is 13.6. The molecule has 11 nitrogen and oxygen atoms in total. The predicted octanol–water partition coefficient (Wildman–Crippen LogP) is 5.21. The van der Waals surface area contributed by atoms with Crippen LogP contribution in [-0.2, 0) is 23.6 Å². The first kappa shape index (κ1) is 28.9. The van der Waals surface area contributed by atoms with E-state index in [2.05, 4.69) is 5.32 Å². The number of ether oxygens (including phenoxy) is 3. The Morgan fingerprint density at radius 3 is 2.62 bits per heavy atom. The van der Waals surface area contributed by atoms with E-state index in [0.29, 0.717) is 65.7 Å². The number of nitro groups is 1. The average molecular weight is 591 g/mol. The summed E-state index contributed by atoms with van der Waals surface area (Å²) in [5.41, 5.74) is 2.05. The van der Waals surface area contributed by atoms with Gasteiger partial charge in [-0.3, -0.25) is 24.3 Å². The van der Waals surface area contributed by atoms with E-state index >= 15 is 0 Å². The van der Waals surface area contributed by atoms with Crippen LogP contribution in [0.2, 0.25) is 0 Å². The van der Waals surface area contributed by atoms with Crippen molar-refractivity contribution >= 4 is 34.3 Å². The smallest absolute Gasteiger partial charge is 0.269 e. The van der Waals surface area contributed by atoms with Crippen LogP contribution in [-0.4, -0.2) is 34.3 Å². The zero-order valence-electron chi connectivity index (χ0n) is 23.0. The highest BCUT2D eigenvalue weighted by molar-refractivity contribution is 7.98. The number of non-ortho nitro benzene ring substituents is 1. The fourth-order valence-corrected chi connectivity index (χ4v) is 5.54. The number of methoxy groups -OCH3 is 1. The number of carbonyl (C=O) groups excluding carboxylic acids is 1. The number of thioether (sulfide) groups is 1. The van der Waals surface area contributed by atoms with Gasteiger partial charge in [-0.25, -0.2) is 4.98 Å². The number of carbonyl (C=O) groups is 1. The van der Waals surface area contributed by atoms with Crippen LogP contribution in [0.5, 0.6) is 17.2 Å². The van der Waals surface area contributed by atoms with Crippen molar-refractivity contribution in [3.63, 3.8) is 0 Å². The van der Waals surface area contributed by atoms with Gasteiger partial charge in [-0.05, 0) is 42.2 Å². The Bertz CT molecular complexity index is 1660. The van der Waals surface area contributed by atoms with Crippen LogP contribution >= 0.6 is 11.8 Å². The monoisotopic (exact) mass is 590 g/mol. The normalized spacial score (nSPS) is 11.9. The van der Waals surface area contributed by atoms with Crippen LogP contribution in [0.1, 0.15) is 36.8 Å². The van der Waals surface area contributed by atoms with Gasteiger partial charge in [0.1, 0.15) is 5.75 Å². The summed E-state index contributed by atoms with van der Waals surface area (Å²) in [5.74, 6) is 2.18. The first-order valence-corrected chi connectivity index (χ1v) is 14.5. The van der Waals surface area contributed by atoms with Gasteiger partial charge >= 0.3 is 0 Å². The molecule has 12 heteroatoms. The number of nitrogens with zero attached hydrogens (tertiary/aromatic N) is 3. The van der Waals surface area contributed by atoms with Crippen LogP contribution < -0.4 is 25.1 Å².